The highest BCUT2D eigenvalue weighted by atomic mass is 16.3. The van der Waals surface area contributed by atoms with E-state index in [1.165, 1.54) is 22.2 Å². The van der Waals surface area contributed by atoms with Gasteiger partial charge in [-0.3, -0.25) is 9.69 Å². The van der Waals surface area contributed by atoms with Crippen molar-refractivity contribution in [2.45, 2.75) is 18.9 Å². The van der Waals surface area contributed by atoms with Crippen molar-refractivity contribution in [3.05, 3.63) is 90.1 Å². The summed E-state index contributed by atoms with van der Waals surface area (Å²) in [4.78, 5) is 24.0. The SMILES string of the molecule is O=C(c1ccc(O)cc1)N1c2ccccc2CCC1CN1CCN(c2cccc3[nH]ccc23)CC1. The normalized spacial score (nSPS) is 18.6. The number of phenolic OH excluding ortho intramolecular Hbond substituents is 1. The van der Waals surface area contributed by atoms with Gasteiger partial charge in [-0.25, -0.2) is 0 Å². The largest absolute Gasteiger partial charge is 0.508 e. The molecule has 0 bridgehead atoms. The molecular weight excluding hydrogens is 436 g/mol. The maximum atomic E-state index is 13.7. The number of amides is 1. The van der Waals surface area contributed by atoms with Gasteiger partial charge >= 0.3 is 0 Å². The van der Waals surface area contributed by atoms with Crippen LogP contribution in [0.15, 0.2) is 79.0 Å². The van der Waals surface area contributed by atoms with Crippen molar-refractivity contribution in [1.29, 1.82) is 0 Å². The predicted molar refractivity (Wildman–Crippen MR) is 140 cm³/mol. The summed E-state index contributed by atoms with van der Waals surface area (Å²) < 4.78 is 0. The van der Waals surface area contributed by atoms with E-state index >= 15 is 0 Å². The highest BCUT2D eigenvalue weighted by molar-refractivity contribution is 6.07. The van der Waals surface area contributed by atoms with Crippen molar-refractivity contribution in [3.8, 4) is 5.75 Å². The molecule has 0 radical (unpaired) electrons. The molecule has 2 aliphatic heterocycles. The van der Waals surface area contributed by atoms with Crippen molar-refractivity contribution >= 4 is 28.2 Å². The average Bonchev–Trinajstić information content (AvgIpc) is 3.38. The number of hydrogen-bond donors (Lipinski definition) is 2. The van der Waals surface area contributed by atoms with Gasteiger partial charge in [-0.1, -0.05) is 24.3 Å². The number of carbonyl (C=O) groups is 1. The second-order valence-corrected chi connectivity index (χ2v) is 9.55. The third kappa shape index (κ3) is 4.15. The minimum Gasteiger partial charge on any atom is -0.508 e. The fourth-order valence-corrected chi connectivity index (χ4v) is 5.61. The lowest BCUT2D eigenvalue weighted by Crippen LogP contribution is -2.54. The van der Waals surface area contributed by atoms with E-state index in [2.05, 4.69) is 51.2 Å². The lowest BCUT2D eigenvalue weighted by atomic mass is 9.94. The van der Waals surface area contributed by atoms with E-state index in [9.17, 15) is 9.90 Å². The molecule has 1 fully saturated rings. The first-order valence-corrected chi connectivity index (χ1v) is 12.4. The summed E-state index contributed by atoms with van der Waals surface area (Å²) in [7, 11) is 0. The van der Waals surface area contributed by atoms with Gasteiger partial charge in [0.25, 0.3) is 5.91 Å². The summed E-state index contributed by atoms with van der Waals surface area (Å²) in [6, 6.07) is 23.6. The molecule has 0 spiro atoms. The molecule has 1 amide bonds. The average molecular weight is 467 g/mol. The molecule has 1 saturated heterocycles. The summed E-state index contributed by atoms with van der Waals surface area (Å²) >= 11 is 0. The van der Waals surface area contributed by atoms with Gasteiger partial charge < -0.3 is 19.9 Å². The van der Waals surface area contributed by atoms with Crippen LogP contribution in [0, 0.1) is 0 Å². The number of hydrogen-bond acceptors (Lipinski definition) is 4. The van der Waals surface area contributed by atoms with Crippen molar-refractivity contribution in [2.75, 3.05) is 42.5 Å². The third-order valence-corrected chi connectivity index (χ3v) is 7.45. The highest BCUT2D eigenvalue weighted by Gasteiger charge is 2.33. The number of nitrogens with zero attached hydrogens (tertiary/aromatic N) is 3. The lowest BCUT2D eigenvalue weighted by molar-refractivity contribution is 0.0963. The van der Waals surface area contributed by atoms with Crippen LogP contribution in [-0.2, 0) is 6.42 Å². The third-order valence-electron chi connectivity index (χ3n) is 7.45. The Morgan fingerprint density at radius 3 is 2.49 bits per heavy atom. The van der Waals surface area contributed by atoms with Gasteiger partial charge in [-0.15, -0.1) is 0 Å². The molecule has 3 heterocycles. The van der Waals surface area contributed by atoms with E-state index in [1.54, 1.807) is 24.3 Å². The van der Waals surface area contributed by atoms with Gasteiger partial charge in [-0.2, -0.15) is 0 Å². The zero-order valence-electron chi connectivity index (χ0n) is 19.7. The van der Waals surface area contributed by atoms with Gasteiger partial charge in [0.15, 0.2) is 0 Å². The van der Waals surface area contributed by atoms with Gasteiger partial charge in [0.05, 0.1) is 6.04 Å². The van der Waals surface area contributed by atoms with Crippen molar-refractivity contribution in [1.82, 2.24) is 9.88 Å². The number of aromatic hydroxyl groups is 1. The van der Waals surface area contributed by atoms with Gasteiger partial charge in [-0.05, 0) is 66.9 Å². The number of anilines is 2. The fourth-order valence-electron chi connectivity index (χ4n) is 5.61. The van der Waals surface area contributed by atoms with Crippen LogP contribution >= 0.6 is 0 Å². The number of fused-ring (bicyclic) bond motifs is 2. The highest BCUT2D eigenvalue weighted by Crippen LogP contribution is 2.33. The van der Waals surface area contributed by atoms with E-state index < -0.39 is 0 Å². The Morgan fingerprint density at radius 1 is 0.886 bits per heavy atom. The molecule has 1 aromatic heterocycles. The number of rotatable bonds is 4. The zero-order valence-corrected chi connectivity index (χ0v) is 19.7. The van der Waals surface area contributed by atoms with Crippen LogP contribution in [0.25, 0.3) is 10.9 Å². The van der Waals surface area contributed by atoms with Crippen LogP contribution in [0.1, 0.15) is 22.3 Å². The molecule has 6 nitrogen and oxygen atoms in total. The number of piperazine rings is 1. The number of aryl methyl sites for hydroxylation is 1. The number of phenols is 1. The number of nitrogens with one attached hydrogen (secondary N) is 1. The molecule has 3 aromatic carbocycles. The summed E-state index contributed by atoms with van der Waals surface area (Å²) in [5.41, 5.74) is 5.31. The molecule has 35 heavy (non-hydrogen) atoms. The molecule has 1 atom stereocenters. The number of benzene rings is 3. The fraction of sp³-hybridized carbons (Fsp3) is 0.276. The van der Waals surface area contributed by atoms with Crippen LogP contribution in [0.5, 0.6) is 5.75 Å². The molecule has 0 saturated carbocycles. The number of para-hydroxylation sites is 1. The smallest absolute Gasteiger partial charge is 0.258 e. The van der Waals surface area contributed by atoms with Crippen molar-refractivity contribution in [3.63, 3.8) is 0 Å². The Hall–Kier alpha value is -3.77. The molecule has 2 N–H and O–H groups in total. The van der Waals surface area contributed by atoms with Crippen LogP contribution in [0.3, 0.4) is 0 Å². The Balaban J connectivity index is 1.20. The quantitative estimate of drug-likeness (QED) is 0.459. The first-order chi connectivity index (χ1) is 17.2. The van der Waals surface area contributed by atoms with Gasteiger partial charge in [0.1, 0.15) is 5.75 Å². The summed E-state index contributed by atoms with van der Waals surface area (Å²) in [6.45, 7) is 4.75. The van der Waals surface area contributed by atoms with Crippen LogP contribution in [0.2, 0.25) is 0 Å². The Kier molecular flexibility index (Phi) is 5.66. The van der Waals surface area contributed by atoms with E-state index in [4.69, 9.17) is 0 Å². The van der Waals surface area contributed by atoms with E-state index in [1.807, 2.05) is 23.2 Å². The minimum absolute atomic E-state index is 0.0000727. The van der Waals surface area contributed by atoms with Crippen LogP contribution in [-0.4, -0.2) is 59.7 Å². The van der Waals surface area contributed by atoms with Crippen LogP contribution in [0.4, 0.5) is 11.4 Å². The maximum Gasteiger partial charge on any atom is 0.258 e. The first-order valence-electron chi connectivity index (χ1n) is 12.4. The van der Waals surface area contributed by atoms with Gasteiger partial charge in [0, 0.05) is 66.8 Å². The predicted octanol–water partition coefficient (Wildman–Crippen LogP) is 4.66. The molecule has 6 heteroatoms. The molecule has 178 valence electrons. The van der Waals surface area contributed by atoms with Crippen LogP contribution < -0.4 is 9.80 Å². The molecule has 4 aromatic rings. The first kappa shape index (κ1) is 21.7. The topological polar surface area (TPSA) is 62.8 Å². The number of aromatic amines is 1. The Bertz CT molecular complexity index is 1340. The van der Waals surface area contributed by atoms with Crippen molar-refractivity contribution in [2.24, 2.45) is 0 Å². The van der Waals surface area contributed by atoms with E-state index in [0.29, 0.717) is 5.56 Å². The zero-order chi connectivity index (χ0) is 23.8. The maximum absolute atomic E-state index is 13.7. The lowest BCUT2D eigenvalue weighted by Gasteiger charge is -2.42. The second kappa shape index (κ2) is 9.12. The summed E-state index contributed by atoms with van der Waals surface area (Å²) in [6.07, 6.45) is 3.93. The monoisotopic (exact) mass is 466 g/mol. The molecule has 1 unspecified atom stereocenters. The molecular formula is C29H30N4O2. The summed E-state index contributed by atoms with van der Waals surface area (Å²) in [5, 5.41) is 11.0. The number of H-pyrrole nitrogens is 1. The number of carbonyl (C=O) groups excluding carboxylic acids is 1. The molecule has 0 aliphatic carbocycles. The Morgan fingerprint density at radius 2 is 1.66 bits per heavy atom. The molecule has 2 aliphatic rings. The van der Waals surface area contributed by atoms with Gasteiger partial charge in [0.2, 0.25) is 0 Å². The van der Waals surface area contributed by atoms with Crippen molar-refractivity contribution < 1.29 is 9.90 Å². The second-order valence-electron chi connectivity index (χ2n) is 9.55. The standard InChI is InChI=1S/C29H30N4O2/c34-24-12-9-22(10-13-24)29(35)33-23(11-8-21-4-1-2-6-27(21)33)20-31-16-18-32(19-17-31)28-7-3-5-26-25(28)14-15-30-26/h1-7,9-10,12-15,23,30,34H,8,11,16-20H2. The minimum atomic E-state index is -0.0000727. The van der Waals surface area contributed by atoms with E-state index in [-0.39, 0.29) is 17.7 Å². The summed E-state index contributed by atoms with van der Waals surface area (Å²) in [5.74, 6) is 0.172. The van der Waals surface area contributed by atoms with E-state index in [0.717, 1.165) is 51.3 Å². The molecule has 6 rings (SSSR count). The Labute approximate surface area is 205 Å². The number of aromatic nitrogens is 1.